The molecule has 2 aliphatic rings. The summed E-state index contributed by atoms with van der Waals surface area (Å²) in [6, 6.07) is 16.5. The summed E-state index contributed by atoms with van der Waals surface area (Å²) in [5.74, 6) is -0.0111. The second-order valence-electron chi connectivity index (χ2n) is 6.11. The van der Waals surface area contributed by atoms with Crippen molar-refractivity contribution >= 4 is 29.1 Å². The lowest BCUT2D eigenvalue weighted by atomic mass is 10.1. The van der Waals surface area contributed by atoms with Gasteiger partial charge in [-0.3, -0.25) is 14.9 Å². The van der Waals surface area contributed by atoms with Crippen molar-refractivity contribution in [2.75, 3.05) is 16.8 Å². The molecule has 0 fully saturated rings. The second kappa shape index (κ2) is 6.39. The third kappa shape index (κ3) is 3.10. The summed E-state index contributed by atoms with van der Waals surface area (Å²) in [4.78, 5) is 31.1. The van der Waals surface area contributed by atoms with Crippen molar-refractivity contribution in [3.8, 4) is 0 Å². The predicted molar refractivity (Wildman–Crippen MR) is 96.5 cm³/mol. The Bertz CT molecular complexity index is 848. The van der Waals surface area contributed by atoms with Gasteiger partial charge in [0.2, 0.25) is 17.8 Å². The molecule has 6 nitrogen and oxygen atoms in total. The molecule has 0 spiro atoms. The number of para-hydroxylation sites is 2. The highest BCUT2D eigenvalue weighted by Crippen LogP contribution is 2.28. The lowest BCUT2D eigenvalue weighted by Gasteiger charge is -2.27. The maximum Gasteiger partial charge on any atom is 0.249 e. The van der Waals surface area contributed by atoms with E-state index in [1.807, 2.05) is 53.4 Å². The van der Waals surface area contributed by atoms with Crippen molar-refractivity contribution < 1.29 is 9.59 Å². The van der Waals surface area contributed by atoms with Gasteiger partial charge in [0.1, 0.15) is 6.04 Å². The number of aliphatic imine (C=N–C) groups is 1. The quantitative estimate of drug-likeness (QED) is 0.881. The fraction of sp³-hybridized carbons (Fsp3) is 0.211. The average Bonchev–Trinajstić information content (AvgIpc) is 3.06. The maximum absolute atomic E-state index is 12.5. The normalized spacial score (nSPS) is 19.0. The molecule has 2 aromatic rings. The first-order chi connectivity index (χ1) is 12.2. The van der Waals surface area contributed by atoms with Gasteiger partial charge in [0.25, 0.3) is 0 Å². The number of hydrogen-bond acceptors (Lipinski definition) is 4. The third-order valence-corrected chi connectivity index (χ3v) is 4.39. The number of benzene rings is 2. The average molecular weight is 334 g/mol. The second-order valence-corrected chi connectivity index (χ2v) is 6.11. The van der Waals surface area contributed by atoms with Crippen LogP contribution in [0.2, 0.25) is 0 Å². The summed E-state index contributed by atoms with van der Waals surface area (Å²) in [6.45, 7) is 0.742. The summed E-state index contributed by atoms with van der Waals surface area (Å²) in [6.07, 6.45) is 0.948. The molecule has 1 atom stereocenters. The van der Waals surface area contributed by atoms with E-state index >= 15 is 0 Å². The molecule has 1 unspecified atom stereocenters. The zero-order chi connectivity index (χ0) is 17.2. The van der Waals surface area contributed by atoms with Crippen molar-refractivity contribution in [1.82, 2.24) is 5.32 Å². The molecule has 2 aliphatic heterocycles. The van der Waals surface area contributed by atoms with Gasteiger partial charge in [-0.2, -0.15) is 0 Å². The molecule has 0 bridgehead atoms. The highest BCUT2D eigenvalue weighted by Gasteiger charge is 2.31. The number of rotatable bonds is 2. The van der Waals surface area contributed by atoms with Crippen molar-refractivity contribution in [1.29, 1.82) is 0 Å². The fourth-order valence-electron chi connectivity index (χ4n) is 3.17. The largest absolute Gasteiger partial charge is 0.324 e. The van der Waals surface area contributed by atoms with E-state index in [1.165, 1.54) is 5.56 Å². The molecule has 2 N–H and O–H groups in total. The lowest BCUT2D eigenvalue weighted by Crippen LogP contribution is -2.50. The van der Waals surface area contributed by atoms with E-state index < -0.39 is 6.04 Å². The summed E-state index contributed by atoms with van der Waals surface area (Å²) in [7, 11) is 0. The Hall–Kier alpha value is -3.15. The highest BCUT2D eigenvalue weighted by molar-refractivity contribution is 6.11. The predicted octanol–water partition coefficient (Wildman–Crippen LogP) is 1.93. The number of anilines is 2. The molecule has 25 heavy (non-hydrogen) atoms. The van der Waals surface area contributed by atoms with Gasteiger partial charge < -0.3 is 10.2 Å². The van der Waals surface area contributed by atoms with Crippen molar-refractivity contribution in [3.05, 3.63) is 60.2 Å². The van der Waals surface area contributed by atoms with Crippen molar-refractivity contribution in [2.45, 2.75) is 18.9 Å². The minimum atomic E-state index is -0.725. The van der Waals surface area contributed by atoms with E-state index in [-0.39, 0.29) is 18.2 Å². The Balaban J connectivity index is 1.57. The number of hydrogen-bond donors (Lipinski definition) is 2. The Morgan fingerprint density at radius 3 is 2.72 bits per heavy atom. The van der Waals surface area contributed by atoms with Crippen LogP contribution in [-0.4, -0.2) is 30.4 Å². The summed E-state index contributed by atoms with van der Waals surface area (Å²) >= 11 is 0. The van der Waals surface area contributed by atoms with Gasteiger partial charge in [0.15, 0.2) is 0 Å². The number of fused-ring (bicyclic) bond motifs is 1. The van der Waals surface area contributed by atoms with Crippen molar-refractivity contribution in [3.63, 3.8) is 0 Å². The highest BCUT2D eigenvalue weighted by atomic mass is 16.2. The number of nitrogens with zero attached hydrogens (tertiary/aromatic N) is 2. The van der Waals surface area contributed by atoms with Crippen LogP contribution in [0.3, 0.4) is 0 Å². The number of carbonyl (C=O) groups excluding carboxylic acids is 2. The van der Waals surface area contributed by atoms with Crippen LogP contribution in [-0.2, 0) is 16.0 Å². The zero-order valence-corrected chi connectivity index (χ0v) is 13.6. The molecule has 6 heteroatoms. The first-order valence-corrected chi connectivity index (χ1v) is 8.30. The summed E-state index contributed by atoms with van der Waals surface area (Å²) < 4.78 is 0. The molecule has 2 heterocycles. The fourth-order valence-corrected chi connectivity index (χ4v) is 3.17. The van der Waals surface area contributed by atoms with Gasteiger partial charge in [-0.1, -0.05) is 36.4 Å². The van der Waals surface area contributed by atoms with E-state index in [1.54, 1.807) is 0 Å². The van der Waals surface area contributed by atoms with Gasteiger partial charge in [-0.15, -0.1) is 0 Å². The molecular weight excluding hydrogens is 316 g/mol. The topological polar surface area (TPSA) is 73.8 Å². The van der Waals surface area contributed by atoms with E-state index in [9.17, 15) is 9.59 Å². The van der Waals surface area contributed by atoms with E-state index in [4.69, 9.17) is 0 Å². The van der Waals surface area contributed by atoms with E-state index in [0.29, 0.717) is 11.6 Å². The molecule has 2 aromatic carbocycles. The number of nitrogens with one attached hydrogen (secondary N) is 2. The van der Waals surface area contributed by atoms with Gasteiger partial charge >= 0.3 is 0 Å². The molecular formula is C19H18N4O2. The molecule has 0 saturated heterocycles. The van der Waals surface area contributed by atoms with Crippen LogP contribution >= 0.6 is 0 Å². The molecule has 0 radical (unpaired) electrons. The maximum atomic E-state index is 12.5. The van der Waals surface area contributed by atoms with Crippen molar-refractivity contribution in [2.24, 2.45) is 4.99 Å². The molecule has 0 saturated carbocycles. The molecule has 126 valence electrons. The number of guanidine groups is 1. The molecule has 2 amide bonds. The molecule has 0 aromatic heterocycles. The van der Waals surface area contributed by atoms with Crippen LogP contribution in [0.5, 0.6) is 0 Å². The Morgan fingerprint density at radius 1 is 1.12 bits per heavy atom. The molecule has 0 aliphatic carbocycles. The van der Waals surface area contributed by atoms with Crippen LogP contribution in [0.15, 0.2) is 59.6 Å². The first-order valence-electron chi connectivity index (χ1n) is 8.30. The zero-order valence-electron chi connectivity index (χ0n) is 13.6. The Labute approximate surface area is 145 Å². The Kier molecular flexibility index (Phi) is 3.93. The van der Waals surface area contributed by atoms with Gasteiger partial charge in [0.05, 0.1) is 6.42 Å². The van der Waals surface area contributed by atoms with Crippen LogP contribution in [0.1, 0.15) is 12.0 Å². The smallest absolute Gasteiger partial charge is 0.249 e. The Morgan fingerprint density at radius 2 is 1.88 bits per heavy atom. The lowest BCUT2D eigenvalue weighted by molar-refractivity contribution is -0.124. The minimum absolute atomic E-state index is 0.0532. The third-order valence-electron chi connectivity index (χ3n) is 4.39. The first kappa shape index (κ1) is 15.4. The minimum Gasteiger partial charge on any atom is -0.324 e. The summed E-state index contributed by atoms with van der Waals surface area (Å²) in [5, 5.41) is 5.62. The SMILES string of the molecule is O=C1CC(C(=O)Nc2ccccc2)N=C(N2CCc3ccccc32)N1. The standard InChI is InChI=1S/C19H18N4O2/c24-17-12-15(18(25)20-14-7-2-1-3-8-14)21-19(22-17)23-11-10-13-6-4-5-9-16(13)23/h1-9,15H,10-12H2,(H,20,25)(H,21,22,24). The monoisotopic (exact) mass is 334 g/mol. The number of amides is 2. The van der Waals surface area contributed by atoms with E-state index in [2.05, 4.69) is 21.7 Å². The summed E-state index contributed by atoms with van der Waals surface area (Å²) in [5.41, 5.74) is 2.95. The molecule has 4 rings (SSSR count). The van der Waals surface area contributed by atoms with Gasteiger partial charge in [-0.05, 0) is 30.2 Å². The number of carbonyl (C=O) groups is 2. The van der Waals surface area contributed by atoms with Gasteiger partial charge in [-0.25, -0.2) is 4.99 Å². The van der Waals surface area contributed by atoms with Crippen LogP contribution in [0, 0.1) is 0 Å². The van der Waals surface area contributed by atoms with E-state index in [0.717, 1.165) is 18.7 Å². The van der Waals surface area contributed by atoms with Crippen LogP contribution in [0.25, 0.3) is 0 Å². The van der Waals surface area contributed by atoms with Gasteiger partial charge in [0, 0.05) is 17.9 Å². The van der Waals surface area contributed by atoms with Crippen LogP contribution in [0.4, 0.5) is 11.4 Å². The van der Waals surface area contributed by atoms with Crippen LogP contribution < -0.4 is 15.5 Å².